The van der Waals surface area contributed by atoms with E-state index >= 15 is 0 Å². The Hall–Kier alpha value is -8.65. The van der Waals surface area contributed by atoms with E-state index in [-0.39, 0.29) is 59.7 Å². The Kier molecular flexibility index (Phi) is 38.6. The van der Waals surface area contributed by atoms with Gasteiger partial charge in [-0.15, -0.1) is 10.2 Å². The summed E-state index contributed by atoms with van der Waals surface area (Å²) < 4.78 is 45.7. The summed E-state index contributed by atoms with van der Waals surface area (Å²) in [6.45, 7) is 12.3. The molecular formula is C59H73B2ClN18O12Zn2. The quantitative estimate of drug-likeness (QED) is 0.133. The van der Waals surface area contributed by atoms with Crippen LogP contribution in [0.3, 0.4) is 0 Å². The van der Waals surface area contributed by atoms with Gasteiger partial charge in [-0.2, -0.15) is 14.2 Å². The maximum atomic E-state index is 8.49. The van der Waals surface area contributed by atoms with Crippen LogP contribution in [-0.4, -0.2) is 170 Å². The third kappa shape index (κ3) is 22.3. The van der Waals surface area contributed by atoms with Crippen LogP contribution in [0.1, 0.15) is 38.4 Å². The van der Waals surface area contributed by atoms with Crippen molar-refractivity contribution in [3.05, 3.63) is 218 Å². The van der Waals surface area contributed by atoms with Crippen LogP contribution in [-0.2, 0) is 39.0 Å². The Labute approximate surface area is 575 Å². The van der Waals surface area contributed by atoms with Crippen molar-refractivity contribution < 1.29 is 114 Å². The van der Waals surface area contributed by atoms with Crippen molar-refractivity contribution in [2.45, 2.75) is 41.5 Å². The van der Waals surface area contributed by atoms with Crippen molar-refractivity contribution in [1.29, 1.82) is 0 Å². The zero-order valence-corrected chi connectivity index (χ0v) is 60.2. The molecule has 12 heterocycles. The number of aliphatic hydroxyl groups excluding tert-OH is 3. The van der Waals surface area contributed by atoms with Gasteiger partial charge in [0.05, 0.1) is 34.2 Å². The van der Waals surface area contributed by atoms with E-state index in [2.05, 4.69) is 66.3 Å². The second kappa shape index (κ2) is 42.6. The molecule has 30 nitrogen and oxygen atoms in total. The summed E-state index contributed by atoms with van der Waals surface area (Å²) in [5.41, 5.74) is 16.6. The summed E-state index contributed by atoms with van der Waals surface area (Å²) in [4.78, 5) is 25.6. The number of hydrogen-bond acceptors (Lipinski definition) is 23. The SMILES string of the molecule is CO.CO.CO.C[O-].C[O-].Cc1cc(-c2cccnc2)nn1[B-](n1nc(-c2cccnc2)cc1C)n1nc(-c2cccnc2)cc1C.Cc1cc(-c2cccnc2)nn1[B-](n1nc(-c2cccnc2)cc1C)n1nc(-c2cccnc2)cc1C.O.[H+].[H+].[H+].[O-][Cl+3]([O-])([O-])[O-].[OH-].[OH-].[Zn+2].[Zn+2]. The summed E-state index contributed by atoms with van der Waals surface area (Å²) in [6.07, 6.45) is 21.5. The van der Waals surface area contributed by atoms with E-state index in [0.29, 0.717) is 0 Å². The minimum absolute atomic E-state index is 0. The first kappa shape index (κ1) is 85.3. The molecule has 488 valence electrons. The Morgan fingerprint density at radius 2 is 0.447 bits per heavy atom. The monoisotopic (exact) mass is 1410 g/mol. The zero-order valence-electron chi connectivity index (χ0n) is 56.5. The maximum Gasteiger partial charge on any atom is 2.00 e. The molecule has 0 saturated carbocycles. The van der Waals surface area contributed by atoms with E-state index in [1.54, 1.807) is 37.2 Å². The van der Waals surface area contributed by atoms with Gasteiger partial charge < -0.3 is 69.5 Å². The Bertz CT molecular complexity index is 3350. The topological polar surface area (TPSA) is 475 Å². The van der Waals surface area contributed by atoms with Gasteiger partial charge in [-0.05, 0) is 185 Å². The predicted molar refractivity (Wildman–Crippen MR) is 332 cm³/mol. The number of aryl methyl sites for hydroxylation is 6. The molecule has 94 heavy (non-hydrogen) atoms. The second-order valence-corrected chi connectivity index (χ2v) is 19.0. The molecule has 0 saturated heterocycles. The van der Waals surface area contributed by atoms with Crippen LogP contribution in [0.5, 0.6) is 0 Å². The van der Waals surface area contributed by atoms with E-state index in [9.17, 15) is 0 Å². The van der Waals surface area contributed by atoms with Gasteiger partial charge in [0.1, 0.15) is 0 Å². The normalized spacial score (nSPS) is 9.89. The minimum Gasteiger partial charge on any atom is -0.870 e. The average Bonchev–Trinajstić information content (AvgIpc) is 1.63. The number of rotatable bonds is 12. The number of hydrogen-bond donors (Lipinski definition) is 3. The Balaban J connectivity index is -0.000000696. The Morgan fingerprint density at radius 1 is 0.319 bits per heavy atom. The van der Waals surface area contributed by atoms with Crippen molar-refractivity contribution in [1.82, 2.24) is 88.1 Å². The summed E-state index contributed by atoms with van der Waals surface area (Å²) in [7, 11) is -1.39. The molecule has 0 unspecified atom stereocenters. The molecule has 0 atom stereocenters. The molecule has 0 bridgehead atoms. The van der Waals surface area contributed by atoms with Crippen molar-refractivity contribution in [3.63, 3.8) is 0 Å². The third-order valence-electron chi connectivity index (χ3n) is 12.6. The van der Waals surface area contributed by atoms with E-state index in [1.807, 2.05) is 179 Å². The second-order valence-electron chi connectivity index (χ2n) is 18.2. The van der Waals surface area contributed by atoms with E-state index < -0.39 is 24.5 Å². The van der Waals surface area contributed by atoms with Crippen LogP contribution < -0.4 is 28.8 Å². The van der Waals surface area contributed by atoms with Gasteiger partial charge in [-0.25, -0.2) is 49.2 Å². The molecule has 0 aliphatic carbocycles. The predicted octanol–water partition coefficient (Wildman–Crippen LogP) is -0.189. The van der Waals surface area contributed by atoms with E-state index in [1.165, 1.54) is 0 Å². The van der Waals surface area contributed by atoms with Gasteiger partial charge in [-0.1, -0.05) is 0 Å². The molecule has 7 N–H and O–H groups in total. The molecule has 12 aromatic rings. The molecular weight excluding hydrogens is 1340 g/mol. The van der Waals surface area contributed by atoms with Crippen molar-refractivity contribution >= 4 is 14.2 Å². The van der Waals surface area contributed by atoms with E-state index in [0.717, 1.165) is 137 Å². The molecule has 12 aromatic heterocycles. The molecule has 2 radical (unpaired) electrons. The van der Waals surface area contributed by atoms with Crippen LogP contribution in [0.25, 0.3) is 67.5 Å². The van der Waals surface area contributed by atoms with Crippen LogP contribution in [0.4, 0.5) is 0 Å². The summed E-state index contributed by atoms with van der Waals surface area (Å²) in [5.74, 6) is 0. The molecule has 0 aliphatic heterocycles. The van der Waals surface area contributed by atoms with Crippen molar-refractivity contribution in [2.24, 2.45) is 0 Å². The minimum atomic E-state index is -4.94. The molecule has 0 spiro atoms. The van der Waals surface area contributed by atoms with Gasteiger partial charge in [0, 0.05) is 129 Å². The smallest absolute Gasteiger partial charge is 0.870 e. The third-order valence-corrected chi connectivity index (χ3v) is 12.6. The molecule has 35 heteroatoms. The number of halogens is 1. The number of pyridine rings is 6. The van der Waals surface area contributed by atoms with Gasteiger partial charge >= 0.3 is 43.2 Å². The average molecular weight is 1410 g/mol. The molecule has 0 amide bonds. The summed E-state index contributed by atoms with van der Waals surface area (Å²) in [5, 5.41) is 67.6. The first-order valence-corrected chi connectivity index (χ1v) is 28.0. The first-order chi connectivity index (χ1) is 43.2. The Morgan fingerprint density at radius 3 is 0.553 bits per heavy atom. The fourth-order valence-corrected chi connectivity index (χ4v) is 8.88. The van der Waals surface area contributed by atoms with Crippen LogP contribution in [0, 0.1) is 51.8 Å². The first-order valence-electron chi connectivity index (χ1n) is 26.7. The van der Waals surface area contributed by atoms with Crippen LogP contribution >= 0.6 is 0 Å². The van der Waals surface area contributed by atoms with Crippen molar-refractivity contribution in [2.75, 3.05) is 35.5 Å². The maximum absolute atomic E-state index is 8.49. The number of nitrogens with zero attached hydrogens (tertiary/aromatic N) is 18. The van der Waals surface area contributed by atoms with Crippen LogP contribution in [0.2, 0.25) is 0 Å². The molecule has 0 fully saturated rings. The van der Waals surface area contributed by atoms with E-state index in [4.69, 9.17) is 74.8 Å². The van der Waals surface area contributed by atoms with Gasteiger partial charge in [-0.3, -0.25) is 29.9 Å². The van der Waals surface area contributed by atoms with Gasteiger partial charge in [0.2, 0.25) is 0 Å². The zero-order chi connectivity index (χ0) is 65.2. The van der Waals surface area contributed by atoms with Gasteiger partial charge in [0.15, 0.2) is 0 Å². The van der Waals surface area contributed by atoms with Crippen LogP contribution in [0.15, 0.2) is 184 Å². The largest absolute Gasteiger partial charge is 2.00 e. The standard InChI is InChI=1S/2C27H24BN9.3CH4O.2CH3O.ClHO4.3H2O.2Zn/c2*1-19-13-25(22-7-4-10-29-16-22)32-35(19)28(36-20(2)14-26(33-36)23-8-5-11-30-17-23)37-21(3)15-27(34-37)24-9-6-12-31-18-24;5*1-2;2-1(3,4)5;;;;;/h2*4-18H,1-3H3;3*2H,1H3;2*1H3;(H,2,3,4,5);3*1H2;;/q2*-1;;;;2*-1;;;;;2*+2. The van der Waals surface area contributed by atoms with Crippen molar-refractivity contribution in [3.8, 4) is 67.5 Å². The van der Waals surface area contributed by atoms with Gasteiger partial charge in [0.25, 0.3) is 14.2 Å². The molecule has 12 rings (SSSR count). The summed E-state index contributed by atoms with van der Waals surface area (Å²) in [6, 6.07) is 35.9. The molecule has 0 aromatic carbocycles. The fraction of sp³-hybridized carbons (Fsp3) is 0.186. The number of aliphatic hydroxyl groups is 3. The number of aromatic nitrogens is 18. The summed E-state index contributed by atoms with van der Waals surface area (Å²) >= 11 is 0. The molecule has 0 aliphatic rings. The fourth-order valence-electron chi connectivity index (χ4n) is 8.88.